The van der Waals surface area contributed by atoms with Gasteiger partial charge in [-0.05, 0) is 55.0 Å². The molecule has 0 spiro atoms. The van der Waals surface area contributed by atoms with Crippen molar-refractivity contribution in [3.8, 4) is 5.69 Å². The zero-order valence-corrected chi connectivity index (χ0v) is 15.9. The number of amides is 2. The van der Waals surface area contributed by atoms with E-state index in [4.69, 9.17) is 16.3 Å². The van der Waals surface area contributed by atoms with E-state index in [9.17, 15) is 9.59 Å². The Hall–Kier alpha value is -3.32. The van der Waals surface area contributed by atoms with Gasteiger partial charge in [0.05, 0.1) is 12.3 Å². The van der Waals surface area contributed by atoms with Crippen LogP contribution in [0.5, 0.6) is 0 Å². The Morgan fingerprint density at radius 1 is 1.07 bits per heavy atom. The minimum atomic E-state index is -0.461. The van der Waals surface area contributed by atoms with Gasteiger partial charge in [0.1, 0.15) is 0 Å². The highest BCUT2D eigenvalue weighted by atomic mass is 35.5. The summed E-state index contributed by atoms with van der Waals surface area (Å²) < 4.78 is 6.49. The Morgan fingerprint density at radius 3 is 2.46 bits per heavy atom. The fourth-order valence-corrected chi connectivity index (χ4v) is 2.57. The van der Waals surface area contributed by atoms with Crippen LogP contribution in [0.4, 0.5) is 10.5 Å². The summed E-state index contributed by atoms with van der Waals surface area (Å²) >= 11 is 5.84. The number of nitrogens with zero attached hydrogens (tertiary/aromatic N) is 2. The van der Waals surface area contributed by atoms with Crippen LogP contribution < -0.4 is 10.6 Å². The molecule has 2 aromatic carbocycles. The second-order valence-corrected chi connectivity index (χ2v) is 6.28. The first-order valence-electron chi connectivity index (χ1n) is 8.67. The average Bonchev–Trinajstić information content (AvgIpc) is 3.19. The molecule has 8 heteroatoms. The van der Waals surface area contributed by atoms with Crippen molar-refractivity contribution >= 4 is 29.3 Å². The monoisotopic (exact) mass is 398 g/mol. The van der Waals surface area contributed by atoms with E-state index in [0.29, 0.717) is 23.9 Å². The molecule has 0 atom stereocenters. The van der Waals surface area contributed by atoms with Crippen molar-refractivity contribution in [1.82, 2.24) is 15.1 Å². The van der Waals surface area contributed by atoms with Crippen LogP contribution >= 0.6 is 11.6 Å². The molecule has 1 heterocycles. The minimum absolute atomic E-state index is 0.241. The van der Waals surface area contributed by atoms with Crippen LogP contribution in [-0.4, -0.2) is 28.4 Å². The lowest BCUT2D eigenvalue weighted by Crippen LogP contribution is -2.28. The Balaban J connectivity index is 1.56. The van der Waals surface area contributed by atoms with Crippen LogP contribution in [0.2, 0.25) is 5.02 Å². The quantitative estimate of drug-likeness (QED) is 0.614. The number of urea groups is 1. The highest BCUT2D eigenvalue weighted by Crippen LogP contribution is 2.14. The molecule has 0 unspecified atom stereocenters. The fraction of sp³-hybridized carbons (Fsp3) is 0.150. The number of halogens is 1. The van der Waals surface area contributed by atoms with Crippen molar-refractivity contribution in [1.29, 1.82) is 0 Å². The molecule has 0 fully saturated rings. The van der Waals surface area contributed by atoms with Gasteiger partial charge in [-0.25, -0.2) is 14.3 Å². The van der Waals surface area contributed by atoms with Gasteiger partial charge in [-0.3, -0.25) is 0 Å². The predicted molar refractivity (Wildman–Crippen MR) is 107 cm³/mol. The highest BCUT2D eigenvalue weighted by Gasteiger charge is 2.11. The molecule has 3 rings (SSSR count). The topological polar surface area (TPSA) is 85.2 Å². The van der Waals surface area contributed by atoms with Gasteiger partial charge >= 0.3 is 12.0 Å². The molecule has 0 saturated carbocycles. The molecule has 0 radical (unpaired) electrons. The maximum atomic E-state index is 12.0. The Bertz CT molecular complexity index is 952. The molecular formula is C20H19ClN4O3. The molecule has 0 saturated heterocycles. The second kappa shape index (κ2) is 9.05. The highest BCUT2D eigenvalue weighted by molar-refractivity contribution is 6.30. The standard InChI is InChI=1S/C20H19ClN4O3/c1-2-28-19(26)18-11-12-25(24-18)17-9-7-16(8-10-17)23-20(27)22-13-14-3-5-15(21)6-4-14/h3-12H,2,13H2,1H3,(H2,22,23,27). The summed E-state index contributed by atoms with van der Waals surface area (Å²) in [6.07, 6.45) is 1.67. The molecule has 0 aliphatic carbocycles. The molecule has 28 heavy (non-hydrogen) atoms. The van der Waals surface area contributed by atoms with Gasteiger partial charge in [-0.1, -0.05) is 23.7 Å². The Morgan fingerprint density at radius 2 is 1.79 bits per heavy atom. The van der Waals surface area contributed by atoms with E-state index in [1.807, 2.05) is 12.1 Å². The number of nitrogens with one attached hydrogen (secondary N) is 2. The van der Waals surface area contributed by atoms with Crippen LogP contribution in [0.1, 0.15) is 23.0 Å². The Kier molecular flexibility index (Phi) is 6.29. The van der Waals surface area contributed by atoms with Gasteiger partial charge in [0, 0.05) is 23.5 Å². The van der Waals surface area contributed by atoms with Gasteiger partial charge in [0.25, 0.3) is 0 Å². The molecular weight excluding hydrogens is 380 g/mol. The van der Waals surface area contributed by atoms with E-state index in [-0.39, 0.29) is 11.7 Å². The zero-order chi connectivity index (χ0) is 19.9. The number of hydrogen-bond donors (Lipinski definition) is 2. The van der Waals surface area contributed by atoms with Crippen molar-refractivity contribution in [2.45, 2.75) is 13.5 Å². The first-order valence-corrected chi connectivity index (χ1v) is 9.05. The number of benzene rings is 2. The molecule has 2 N–H and O–H groups in total. The van der Waals surface area contributed by atoms with Crippen LogP contribution in [0.25, 0.3) is 5.69 Å². The molecule has 1 aromatic heterocycles. The number of hydrogen-bond acceptors (Lipinski definition) is 4. The summed E-state index contributed by atoms with van der Waals surface area (Å²) in [5.74, 6) is -0.461. The van der Waals surface area contributed by atoms with Gasteiger partial charge in [-0.15, -0.1) is 0 Å². The fourth-order valence-electron chi connectivity index (χ4n) is 2.44. The Labute approximate surface area is 167 Å². The van der Waals surface area contributed by atoms with Gasteiger partial charge in [-0.2, -0.15) is 5.10 Å². The number of ether oxygens (including phenoxy) is 1. The predicted octanol–water partition coefficient (Wildman–Crippen LogP) is 4.02. The summed E-state index contributed by atoms with van der Waals surface area (Å²) in [5, 5.41) is 10.4. The number of anilines is 1. The van der Waals surface area contributed by atoms with E-state index in [2.05, 4.69) is 15.7 Å². The molecule has 2 amide bonds. The van der Waals surface area contributed by atoms with Crippen molar-refractivity contribution in [2.75, 3.05) is 11.9 Å². The lowest BCUT2D eigenvalue weighted by Gasteiger charge is -2.09. The van der Waals surface area contributed by atoms with E-state index in [1.165, 1.54) is 0 Å². The molecule has 3 aromatic rings. The third-order valence-corrected chi connectivity index (χ3v) is 4.08. The average molecular weight is 399 g/mol. The van der Waals surface area contributed by atoms with Crippen LogP contribution in [0, 0.1) is 0 Å². The number of carbonyl (C=O) groups is 2. The van der Waals surface area contributed by atoms with Crippen LogP contribution in [-0.2, 0) is 11.3 Å². The van der Waals surface area contributed by atoms with Crippen molar-refractivity contribution in [2.24, 2.45) is 0 Å². The van der Waals surface area contributed by atoms with Crippen molar-refractivity contribution in [3.63, 3.8) is 0 Å². The normalized spacial score (nSPS) is 10.4. The lowest BCUT2D eigenvalue weighted by atomic mass is 10.2. The van der Waals surface area contributed by atoms with E-state index in [0.717, 1.165) is 11.3 Å². The molecule has 7 nitrogen and oxygen atoms in total. The number of aromatic nitrogens is 2. The third kappa shape index (κ3) is 5.11. The number of rotatable bonds is 6. The third-order valence-electron chi connectivity index (χ3n) is 3.83. The smallest absolute Gasteiger partial charge is 0.358 e. The second-order valence-electron chi connectivity index (χ2n) is 5.85. The van der Waals surface area contributed by atoms with Crippen LogP contribution in [0.15, 0.2) is 60.8 Å². The lowest BCUT2D eigenvalue weighted by molar-refractivity contribution is 0.0519. The van der Waals surface area contributed by atoms with Crippen LogP contribution in [0.3, 0.4) is 0 Å². The summed E-state index contributed by atoms with van der Waals surface area (Å²) in [6.45, 7) is 2.43. The molecule has 144 valence electrons. The first kappa shape index (κ1) is 19.4. The number of carbonyl (C=O) groups excluding carboxylic acids is 2. The minimum Gasteiger partial charge on any atom is -0.461 e. The van der Waals surface area contributed by atoms with Gasteiger partial charge in [0.15, 0.2) is 5.69 Å². The van der Waals surface area contributed by atoms with Crippen molar-refractivity contribution < 1.29 is 14.3 Å². The van der Waals surface area contributed by atoms with E-state index >= 15 is 0 Å². The molecule has 0 aliphatic rings. The van der Waals surface area contributed by atoms with E-state index in [1.54, 1.807) is 60.3 Å². The van der Waals surface area contributed by atoms with Gasteiger partial charge < -0.3 is 15.4 Å². The SMILES string of the molecule is CCOC(=O)c1ccn(-c2ccc(NC(=O)NCc3ccc(Cl)cc3)cc2)n1. The largest absolute Gasteiger partial charge is 0.461 e. The number of esters is 1. The summed E-state index contributed by atoms with van der Waals surface area (Å²) in [6, 6.07) is 15.6. The molecule has 0 aliphatic heterocycles. The molecule has 0 bridgehead atoms. The summed E-state index contributed by atoms with van der Waals surface area (Å²) in [7, 11) is 0. The zero-order valence-electron chi connectivity index (χ0n) is 15.2. The first-order chi connectivity index (χ1) is 13.5. The van der Waals surface area contributed by atoms with Crippen molar-refractivity contribution in [3.05, 3.63) is 77.1 Å². The maximum Gasteiger partial charge on any atom is 0.358 e. The summed E-state index contributed by atoms with van der Waals surface area (Å²) in [5.41, 5.74) is 2.58. The van der Waals surface area contributed by atoms with E-state index < -0.39 is 5.97 Å². The summed E-state index contributed by atoms with van der Waals surface area (Å²) in [4.78, 5) is 23.7. The van der Waals surface area contributed by atoms with Gasteiger partial charge in [0.2, 0.25) is 0 Å². The maximum absolute atomic E-state index is 12.0.